The Labute approximate surface area is 154 Å². The van der Waals surface area contributed by atoms with Crippen LogP contribution in [0.3, 0.4) is 0 Å². The molecule has 4 rings (SSSR count). The lowest BCUT2D eigenvalue weighted by molar-refractivity contribution is 0.0498. The van der Waals surface area contributed by atoms with E-state index in [-0.39, 0.29) is 6.61 Å². The van der Waals surface area contributed by atoms with Gasteiger partial charge in [-0.25, -0.2) is 4.79 Å². The van der Waals surface area contributed by atoms with E-state index < -0.39 is 5.97 Å². The number of fused-ring (bicyclic) bond motifs is 1. The molecule has 0 amide bonds. The third kappa shape index (κ3) is 3.66. The summed E-state index contributed by atoms with van der Waals surface area (Å²) in [5.41, 5.74) is 1.92. The van der Waals surface area contributed by atoms with Gasteiger partial charge in [0.15, 0.2) is 5.65 Å². The topological polar surface area (TPSA) is 108 Å². The minimum Gasteiger partial charge on any atom is -0.462 e. The largest absolute Gasteiger partial charge is 0.462 e. The first-order valence-electron chi connectivity index (χ1n) is 8.42. The van der Waals surface area contributed by atoms with Gasteiger partial charge in [-0.3, -0.25) is 9.38 Å². The molecule has 0 saturated carbocycles. The van der Waals surface area contributed by atoms with Crippen molar-refractivity contribution in [2.75, 3.05) is 6.61 Å². The van der Waals surface area contributed by atoms with Crippen LogP contribution in [0.25, 0.3) is 17.0 Å². The van der Waals surface area contributed by atoms with Crippen LogP contribution in [0, 0.1) is 6.92 Å². The van der Waals surface area contributed by atoms with Crippen molar-refractivity contribution in [2.24, 2.45) is 0 Å². The molecule has 0 aliphatic heterocycles. The summed E-state index contributed by atoms with van der Waals surface area (Å²) in [7, 11) is 0. The highest BCUT2D eigenvalue weighted by atomic mass is 16.5. The lowest BCUT2D eigenvalue weighted by atomic mass is 10.2. The van der Waals surface area contributed by atoms with E-state index >= 15 is 0 Å². The Morgan fingerprint density at radius 2 is 2.19 bits per heavy atom. The van der Waals surface area contributed by atoms with Crippen LogP contribution in [-0.4, -0.2) is 42.3 Å². The van der Waals surface area contributed by atoms with Gasteiger partial charge in [-0.05, 0) is 37.6 Å². The van der Waals surface area contributed by atoms with Gasteiger partial charge in [-0.15, -0.1) is 10.2 Å². The van der Waals surface area contributed by atoms with Crippen LogP contribution in [0.15, 0.2) is 47.4 Å². The van der Waals surface area contributed by atoms with Gasteiger partial charge in [0, 0.05) is 30.6 Å². The van der Waals surface area contributed by atoms with Crippen LogP contribution < -0.4 is 0 Å². The molecule has 0 unspecified atom stereocenters. The molecule has 0 saturated heterocycles. The minimum absolute atomic E-state index is 0.253. The SMILES string of the molecule is Cc1nnc2ccc(C(=O)OCCCc3nc(-c4cccnc4)no3)cn12. The fraction of sp³-hybridized carbons (Fsp3) is 0.222. The number of rotatable bonds is 6. The van der Waals surface area contributed by atoms with Crippen molar-refractivity contribution < 1.29 is 14.1 Å². The van der Waals surface area contributed by atoms with E-state index in [4.69, 9.17) is 9.26 Å². The van der Waals surface area contributed by atoms with E-state index in [1.54, 1.807) is 35.1 Å². The third-order valence-electron chi connectivity index (χ3n) is 3.96. The molecule has 4 aromatic rings. The van der Waals surface area contributed by atoms with E-state index in [2.05, 4.69) is 25.3 Å². The van der Waals surface area contributed by atoms with E-state index in [9.17, 15) is 4.79 Å². The Morgan fingerprint density at radius 3 is 3.04 bits per heavy atom. The normalized spacial score (nSPS) is 11.0. The van der Waals surface area contributed by atoms with E-state index in [1.807, 2.05) is 19.1 Å². The zero-order valence-electron chi connectivity index (χ0n) is 14.6. The number of ether oxygens (including phenoxy) is 1. The second kappa shape index (κ2) is 7.32. The van der Waals surface area contributed by atoms with Gasteiger partial charge in [0.1, 0.15) is 5.82 Å². The predicted molar refractivity (Wildman–Crippen MR) is 93.9 cm³/mol. The Hall–Kier alpha value is -3.62. The molecule has 0 bridgehead atoms. The standard InChI is InChI=1S/C18H16N6O3/c1-12-21-22-15-7-6-14(11-24(12)15)18(25)26-9-3-5-16-20-17(23-27-16)13-4-2-8-19-10-13/h2,4,6-8,10-11H,3,5,9H2,1H3. The van der Waals surface area contributed by atoms with Crippen molar-refractivity contribution in [3.8, 4) is 11.4 Å². The summed E-state index contributed by atoms with van der Waals surface area (Å²) in [5, 5.41) is 11.9. The van der Waals surface area contributed by atoms with Crippen molar-refractivity contribution in [3.05, 3.63) is 60.1 Å². The first-order chi connectivity index (χ1) is 13.2. The van der Waals surface area contributed by atoms with E-state index in [0.717, 1.165) is 5.56 Å². The molecule has 0 N–H and O–H groups in total. The number of carbonyl (C=O) groups is 1. The maximum Gasteiger partial charge on any atom is 0.339 e. The number of aryl methyl sites for hydroxylation is 2. The van der Waals surface area contributed by atoms with Crippen molar-refractivity contribution in [3.63, 3.8) is 0 Å². The van der Waals surface area contributed by atoms with Gasteiger partial charge >= 0.3 is 5.97 Å². The molecule has 0 atom stereocenters. The Kier molecular flexibility index (Phi) is 4.56. The van der Waals surface area contributed by atoms with Gasteiger partial charge in [-0.1, -0.05) is 5.16 Å². The first-order valence-corrected chi connectivity index (χ1v) is 8.42. The molecule has 4 aromatic heterocycles. The number of pyridine rings is 2. The smallest absolute Gasteiger partial charge is 0.339 e. The van der Waals surface area contributed by atoms with Gasteiger partial charge in [-0.2, -0.15) is 4.98 Å². The van der Waals surface area contributed by atoms with Gasteiger partial charge in [0.25, 0.3) is 0 Å². The molecule has 0 spiro atoms. The van der Waals surface area contributed by atoms with Crippen LogP contribution in [0.4, 0.5) is 0 Å². The van der Waals surface area contributed by atoms with Crippen LogP contribution >= 0.6 is 0 Å². The summed E-state index contributed by atoms with van der Waals surface area (Å²) in [4.78, 5) is 20.5. The molecule has 0 aliphatic rings. The van der Waals surface area contributed by atoms with Crippen LogP contribution in [0.2, 0.25) is 0 Å². The fourth-order valence-corrected chi connectivity index (χ4v) is 2.57. The molecular formula is C18H16N6O3. The monoisotopic (exact) mass is 364 g/mol. The predicted octanol–water partition coefficient (Wildman–Crippen LogP) is 2.27. The molecule has 27 heavy (non-hydrogen) atoms. The fourth-order valence-electron chi connectivity index (χ4n) is 2.57. The molecule has 4 heterocycles. The van der Waals surface area contributed by atoms with Crippen LogP contribution in [0.5, 0.6) is 0 Å². The van der Waals surface area contributed by atoms with Gasteiger partial charge in [0.05, 0.1) is 12.2 Å². The lowest BCUT2D eigenvalue weighted by Gasteiger charge is -2.04. The summed E-state index contributed by atoms with van der Waals surface area (Å²) >= 11 is 0. The lowest BCUT2D eigenvalue weighted by Crippen LogP contribution is -2.08. The zero-order valence-corrected chi connectivity index (χ0v) is 14.6. The first kappa shape index (κ1) is 16.8. The van der Waals surface area contributed by atoms with Gasteiger partial charge in [0.2, 0.25) is 11.7 Å². The van der Waals surface area contributed by atoms with Crippen LogP contribution in [0.1, 0.15) is 28.5 Å². The summed E-state index contributed by atoms with van der Waals surface area (Å²) in [6, 6.07) is 7.07. The highest BCUT2D eigenvalue weighted by Gasteiger charge is 2.11. The maximum absolute atomic E-state index is 12.2. The average Bonchev–Trinajstić information content (AvgIpc) is 3.33. The molecule has 9 heteroatoms. The molecule has 0 aliphatic carbocycles. The quantitative estimate of drug-likeness (QED) is 0.379. The Balaban J connectivity index is 1.30. The van der Waals surface area contributed by atoms with Crippen molar-refractivity contribution >= 4 is 11.6 Å². The number of carbonyl (C=O) groups excluding carboxylic acids is 1. The summed E-state index contributed by atoms with van der Waals surface area (Å²) in [5.74, 6) is 1.30. The summed E-state index contributed by atoms with van der Waals surface area (Å²) in [6.45, 7) is 2.07. The second-order valence-electron chi connectivity index (χ2n) is 5.89. The van der Waals surface area contributed by atoms with E-state index in [1.165, 1.54) is 0 Å². The number of aromatic nitrogens is 6. The van der Waals surface area contributed by atoms with Crippen molar-refractivity contribution in [2.45, 2.75) is 19.8 Å². The summed E-state index contributed by atoms with van der Waals surface area (Å²) in [6.07, 6.45) is 6.12. The molecular weight excluding hydrogens is 348 g/mol. The number of nitrogens with zero attached hydrogens (tertiary/aromatic N) is 6. The van der Waals surface area contributed by atoms with Gasteiger partial charge < -0.3 is 9.26 Å². The zero-order chi connectivity index (χ0) is 18.6. The van der Waals surface area contributed by atoms with Crippen LogP contribution in [-0.2, 0) is 11.2 Å². The summed E-state index contributed by atoms with van der Waals surface area (Å²) < 4.78 is 12.3. The molecule has 0 aromatic carbocycles. The average molecular weight is 364 g/mol. The second-order valence-corrected chi connectivity index (χ2v) is 5.89. The highest BCUT2D eigenvalue weighted by Crippen LogP contribution is 2.14. The Bertz CT molecular complexity index is 1070. The Morgan fingerprint density at radius 1 is 1.26 bits per heavy atom. The molecule has 0 fully saturated rings. The van der Waals surface area contributed by atoms with E-state index in [0.29, 0.717) is 41.6 Å². The maximum atomic E-state index is 12.2. The van der Waals surface area contributed by atoms with Crippen molar-refractivity contribution in [1.29, 1.82) is 0 Å². The third-order valence-corrected chi connectivity index (χ3v) is 3.96. The number of esters is 1. The highest BCUT2D eigenvalue weighted by molar-refractivity contribution is 5.89. The number of hydrogen-bond donors (Lipinski definition) is 0. The van der Waals surface area contributed by atoms with Crippen molar-refractivity contribution in [1.82, 2.24) is 29.7 Å². The molecule has 9 nitrogen and oxygen atoms in total. The number of hydrogen-bond acceptors (Lipinski definition) is 8. The minimum atomic E-state index is -0.397. The molecule has 0 radical (unpaired) electrons. The molecule has 136 valence electrons.